The van der Waals surface area contributed by atoms with E-state index in [0.717, 1.165) is 15.9 Å². The molecule has 1 atom stereocenters. The molecule has 0 aromatic heterocycles. The van der Waals surface area contributed by atoms with Crippen molar-refractivity contribution < 1.29 is 9.53 Å². The van der Waals surface area contributed by atoms with Gasteiger partial charge in [-0.2, -0.15) is 0 Å². The first kappa shape index (κ1) is 11.9. The van der Waals surface area contributed by atoms with Gasteiger partial charge in [0.25, 0.3) is 0 Å². The van der Waals surface area contributed by atoms with Gasteiger partial charge in [0, 0.05) is 22.3 Å². The van der Waals surface area contributed by atoms with Gasteiger partial charge in [0.1, 0.15) is 5.75 Å². The molecule has 0 spiro atoms. The minimum Gasteiger partial charge on any atom is -0.495 e. The average Bonchev–Trinajstić information content (AvgIpc) is 2.57. The average molecular weight is 349 g/mol. The highest BCUT2D eigenvalue weighted by Crippen LogP contribution is 2.35. The van der Waals surface area contributed by atoms with Crippen molar-refractivity contribution in [2.45, 2.75) is 11.2 Å². The van der Waals surface area contributed by atoms with Crippen LogP contribution in [0.25, 0.3) is 0 Å². The topological polar surface area (TPSA) is 29.5 Å². The van der Waals surface area contributed by atoms with E-state index < -0.39 is 0 Å². The number of amides is 1. The van der Waals surface area contributed by atoms with Gasteiger partial charge >= 0.3 is 0 Å². The Bertz CT molecular complexity index is 422. The zero-order chi connectivity index (χ0) is 11.7. The number of hydrogen-bond acceptors (Lipinski definition) is 2. The molecule has 1 heterocycles. The Labute approximate surface area is 111 Å². The van der Waals surface area contributed by atoms with Gasteiger partial charge in [-0.3, -0.25) is 4.79 Å². The van der Waals surface area contributed by atoms with Gasteiger partial charge in [0.2, 0.25) is 5.91 Å². The third-order valence-corrected chi connectivity index (χ3v) is 3.62. The van der Waals surface area contributed by atoms with Crippen molar-refractivity contribution in [1.29, 1.82) is 0 Å². The van der Waals surface area contributed by atoms with E-state index in [9.17, 15) is 4.79 Å². The number of methoxy groups -OCH3 is 1. The van der Waals surface area contributed by atoms with Gasteiger partial charge in [-0.1, -0.05) is 31.9 Å². The molecular formula is C11H11Br2NO2. The van der Waals surface area contributed by atoms with Crippen LogP contribution in [-0.2, 0) is 4.79 Å². The van der Waals surface area contributed by atoms with Crippen molar-refractivity contribution in [2.24, 2.45) is 0 Å². The normalized spacial score (nSPS) is 20.3. The van der Waals surface area contributed by atoms with Gasteiger partial charge in [-0.05, 0) is 18.2 Å². The summed E-state index contributed by atoms with van der Waals surface area (Å²) in [5, 5.41) is 0. The Kier molecular flexibility index (Phi) is 3.54. The molecule has 1 aliphatic rings. The molecular weight excluding hydrogens is 338 g/mol. The van der Waals surface area contributed by atoms with Gasteiger partial charge in [0.15, 0.2) is 0 Å². The predicted octanol–water partition coefficient (Wildman–Crippen LogP) is 2.96. The molecule has 16 heavy (non-hydrogen) atoms. The minimum absolute atomic E-state index is 0.123. The summed E-state index contributed by atoms with van der Waals surface area (Å²) in [7, 11) is 1.61. The van der Waals surface area contributed by atoms with E-state index in [1.807, 2.05) is 18.2 Å². The highest BCUT2D eigenvalue weighted by molar-refractivity contribution is 9.10. The predicted molar refractivity (Wildman–Crippen MR) is 70.4 cm³/mol. The molecule has 86 valence electrons. The SMILES string of the molecule is COc1ccc(Br)cc1N1CC(Br)CC1=O. The van der Waals surface area contributed by atoms with Crippen molar-refractivity contribution in [3.8, 4) is 5.75 Å². The molecule has 1 aromatic carbocycles. The first-order valence-electron chi connectivity index (χ1n) is 4.90. The summed E-state index contributed by atoms with van der Waals surface area (Å²) in [6, 6.07) is 5.66. The maximum atomic E-state index is 11.8. The second-order valence-corrected chi connectivity index (χ2v) is 5.83. The van der Waals surface area contributed by atoms with Crippen LogP contribution in [0, 0.1) is 0 Å². The molecule has 1 unspecified atom stereocenters. The summed E-state index contributed by atoms with van der Waals surface area (Å²) in [6.45, 7) is 0.686. The number of alkyl halides is 1. The molecule has 2 rings (SSSR count). The van der Waals surface area contributed by atoms with Crippen LogP contribution in [0.2, 0.25) is 0 Å². The van der Waals surface area contributed by atoms with Crippen LogP contribution in [0.15, 0.2) is 22.7 Å². The van der Waals surface area contributed by atoms with E-state index in [-0.39, 0.29) is 10.7 Å². The highest BCUT2D eigenvalue weighted by atomic mass is 79.9. The lowest BCUT2D eigenvalue weighted by Crippen LogP contribution is -2.25. The number of anilines is 1. The van der Waals surface area contributed by atoms with Crippen LogP contribution in [0.3, 0.4) is 0 Å². The van der Waals surface area contributed by atoms with Gasteiger partial charge in [-0.15, -0.1) is 0 Å². The fourth-order valence-electron chi connectivity index (χ4n) is 1.77. The first-order chi connectivity index (χ1) is 7.61. The van der Waals surface area contributed by atoms with E-state index >= 15 is 0 Å². The Morgan fingerprint density at radius 3 is 2.81 bits per heavy atom. The molecule has 3 nitrogen and oxygen atoms in total. The van der Waals surface area contributed by atoms with Crippen molar-refractivity contribution in [3.63, 3.8) is 0 Å². The molecule has 1 aromatic rings. The molecule has 0 saturated carbocycles. The van der Waals surface area contributed by atoms with Crippen molar-refractivity contribution in [3.05, 3.63) is 22.7 Å². The molecule has 1 saturated heterocycles. The highest BCUT2D eigenvalue weighted by Gasteiger charge is 2.30. The molecule has 0 N–H and O–H groups in total. The summed E-state index contributed by atoms with van der Waals surface area (Å²) in [6.07, 6.45) is 0.537. The fraction of sp³-hybridized carbons (Fsp3) is 0.364. The number of carbonyl (C=O) groups excluding carboxylic acids is 1. The summed E-state index contributed by atoms with van der Waals surface area (Å²) >= 11 is 6.87. The number of rotatable bonds is 2. The van der Waals surface area contributed by atoms with Crippen molar-refractivity contribution in [1.82, 2.24) is 0 Å². The standard InChI is InChI=1S/C11H11Br2NO2/c1-16-10-3-2-7(12)4-9(10)14-6-8(13)5-11(14)15/h2-4,8H,5-6H2,1H3. The van der Waals surface area contributed by atoms with Crippen LogP contribution in [0.4, 0.5) is 5.69 Å². The van der Waals surface area contributed by atoms with Crippen LogP contribution in [-0.4, -0.2) is 24.4 Å². The fourth-order valence-corrected chi connectivity index (χ4v) is 2.69. The van der Waals surface area contributed by atoms with E-state index in [4.69, 9.17) is 4.74 Å². The third-order valence-electron chi connectivity index (χ3n) is 2.51. The lowest BCUT2D eigenvalue weighted by atomic mass is 10.2. The zero-order valence-electron chi connectivity index (χ0n) is 8.74. The summed E-state index contributed by atoms with van der Waals surface area (Å²) in [5.74, 6) is 0.844. The number of nitrogens with zero attached hydrogens (tertiary/aromatic N) is 1. The largest absolute Gasteiger partial charge is 0.495 e. The van der Waals surface area contributed by atoms with Crippen LogP contribution >= 0.6 is 31.9 Å². The molecule has 1 amide bonds. The third kappa shape index (κ3) is 2.25. The van der Waals surface area contributed by atoms with Crippen LogP contribution in [0.1, 0.15) is 6.42 Å². The molecule has 1 aliphatic heterocycles. The van der Waals surface area contributed by atoms with Crippen molar-refractivity contribution in [2.75, 3.05) is 18.6 Å². The Hall–Kier alpha value is -0.550. The minimum atomic E-state index is 0.123. The van der Waals surface area contributed by atoms with Crippen LogP contribution in [0.5, 0.6) is 5.75 Å². The molecule has 0 radical (unpaired) electrons. The Morgan fingerprint density at radius 1 is 1.50 bits per heavy atom. The van der Waals surface area contributed by atoms with Crippen LogP contribution < -0.4 is 9.64 Å². The van der Waals surface area contributed by atoms with Gasteiger partial charge in [-0.25, -0.2) is 0 Å². The number of benzene rings is 1. The van der Waals surface area contributed by atoms with Gasteiger partial charge < -0.3 is 9.64 Å². The van der Waals surface area contributed by atoms with E-state index in [0.29, 0.717) is 13.0 Å². The molecule has 1 fully saturated rings. The van der Waals surface area contributed by atoms with Gasteiger partial charge in [0.05, 0.1) is 12.8 Å². The smallest absolute Gasteiger partial charge is 0.228 e. The lowest BCUT2D eigenvalue weighted by Gasteiger charge is -2.19. The maximum Gasteiger partial charge on any atom is 0.228 e. The lowest BCUT2D eigenvalue weighted by molar-refractivity contribution is -0.117. The monoisotopic (exact) mass is 347 g/mol. The second kappa shape index (κ2) is 4.75. The second-order valence-electron chi connectivity index (χ2n) is 3.62. The maximum absolute atomic E-state index is 11.8. The first-order valence-corrected chi connectivity index (χ1v) is 6.60. The zero-order valence-corrected chi connectivity index (χ0v) is 11.9. The number of halogens is 2. The van der Waals surface area contributed by atoms with E-state index in [1.165, 1.54) is 0 Å². The van der Waals surface area contributed by atoms with Crippen molar-refractivity contribution >= 4 is 43.5 Å². The van der Waals surface area contributed by atoms with E-state index in [2.05, 4.69) is 31.9 Å². The molecule has 0 aliphatic carbocycles. The number of ether oxygens (including phenoxy) is 1. The quantitative estimate of drug-likeness (QED) is 0.769. The molecule has 0 bridgehead atoms. The Balaban J connectivity index is 2.39. The summed E-state index contributed by atoms with van der Waals surface area (Å²) in [4.78, 5) is 13.8. The molecule has 5 heteroatoms. The summed E-state index contributed by atoms with van der Waals surface area (Å²) in [5.41, 5.74) is 0.823. The van der Waals surface area contributed by atoms with E-state index in [1.54, 1.807) is 12.0 Å². The number of carbonyl (C=O) groups is 1. The summed E-state index contributed by atoms with van der Waals surface area (Å²) < 4.78 is 6.21. The number of hydrogen-bond donors (Lipinski definition) is 0. The Morgan fingerprint density at radius 2 is 2.25 bits per heavy atom.